The fraction of sp³-hybridized carbons (Fsp3) is 0.700. The van der Waals surface area contributed by atoms with Crippen molar-refractivity contribution in [3.8, 4) is 5.75 Å². The second kappa shape index (κ2) is 8.99. The molecule has 1 aromatic rings. The van der Waals surface area contributed by atoms with Gasteiger partial charge in [0.2, 0.25) is 0 Å². The normalized spacial score (nSPS) is 28.8. The van der Waals surface area contributed by atoms with Gasteiger partial charge < -0.3 is 14.6 Å². The summed E-state index contributed by atoms with van der Waals surface area (Å²) in [5.41, 5.74) is 1.13. The molecule has 1 aliphatic heterocycles. The molecule has 2 aliphatic rings. The Balaban J connectivity index is 1.55. The Morgan fingerprint density at radius 2 is 1.88 bits per heavy atom. The largest absolute Gasteiger partial charge is 0.487 e. The highest BCUT2D eigenvalue weighted by Crippen LogP contribution is 2.29. The summed E-state index contributed by atoms with van der Waals surface area (Å²) in [5.74, 6) is 0.900. The van der Waals surface area contributed by atoms with E-state index in [-0.39, 0.29) is 12.1 Å². The number of benzene rings is 1. The zero-order chi connectivity index (χ0) is 17.6. The van der Waals surface area contributed by atoms with Gasteiger partial charge in [-0.25, -0.2) is 0 Å². The second-order valence-electron chi connectivity index (χ2n) is 7.28. The molecule has 1 saturated heterocycles. The van der Waals surface area contributed by atoms with Crippen molar-refractivity contribution >= 4 is 0 Å². The topological polar surface area (TPSA) is 45.2 Å². The van der Waals surface area contributed by atoms with Gasteiger partial charge >= 0.3 is 0 Å². The molecule has 5 heteroatoms. The molecule has 0 amide bonds. The summed E-state index contributed by atoms with van der Waals surface area (Å²) < 4.78 is 11.4. The molecule has 1 saturated carbocycles. The Morgan fingerprint density at radius 1 is 1.12 bits per heavy atom. The minimum absolute atomic E-state index is 0.105. The number of para-hydroxylation sites is 1. The molecule has 1 N–H and O–H groups in total. The first-order chi connectivity index (χ1) is 12.2. The fourth-order valence-electron chi connectivity index (χ4n) is 4.04. The van der Waals surface area contributed by atoms with E-state index >= 15 is 0 Å². The van der Waals surface area contributed by atoms with Crippen molar-refractivity contribution in [2.75, 3.05) is 46.4 Å². The van der Waals surface area contributed by atoms with Gasteiger partial charge in [-0.2, -0.15) is 0 Å². The van der Waals surface area contributed by atoms with Crippen LogP contribution in [0.2, 0.25) is 0 Å². The molecule has 3 rings (SSSR count). The lowest BCUT2D eigenvalue weighted by Crippen LogP contribution is -2.58. The smallest absolute Gasteiger partial charge is 0.126 e. The van der Waals surface area contributed by atoms with Crippen molar-refractivity contribution in [3.05, 3.63) is 29.8 Å². The SMILES string of the molecule is COCCN1CCN([C@H]2CCC[C@@H](Oc3ccccc3C)[C@@H]2O)CC1. The summed E-state index contributed by atoms with van der Waals surface area (Å²) in [7, 11) is 1.75. The summed E-state index contributed by atoms with van der Waals surface area (Å²) in [5, 5.41) is 10.9. The zero-order valence-electron chi connectivity index (χ0n) is 15.6. The minimum atomic E-state index is -0.418. The quantitative estimate of drug-likeness (QED) is 0.851. The Morgan fingerprint density at radius 3 is 2.60 bits per heavy atom. The van der Waals surface area contributed by atoms with Gasteiger partial charge in [-0.05, 0) is 37.8 Å². The van der Waals surface area contributed by atoms with Gasteiger partial charge in [0.05, 0.1) is 6.61 Å². The van der Waals surface area contributed by atoms with E-state index in [0.29, 0.717) is 0 Å². The maximum absolute atomic E-state index is 10.9. The molecule has 1 heterocycles. The van der Waals surface area contributed by atoms with Gasteiger partial charge in [-0.3, -0.25) is 9.80 Å². The highest BCUT2D eigenvalue weighted by Gasteiger charge is 2.37. The van der Waals surface area contributed by atoms with Crippen LogP contribution < -0.4 is 4.74 Å². The number of piperazine rings is 1. The zero-order valence-corrected chi connectivity index (χ0v) is 15.6. The fourth-order valence-corrected chi connectivity index (χ4v) is 4.04. The van der Waals surface area contributed by atoms with E-state index in [1.54, 1.807) is 7.11 Å². The monoisotopic (exact) mass is 348 g/mol. The third kappa shape index (κ3) is 4.73. The van der Waals surface area contributed by atoms with Gasteiger partial charge in [-0.15, -0.1) is 0 Å². The molecule has 0 bridgehead atoms. The minimum Gasteiger partial charge on any atom is -0.487 e. The molecule has 1 aromatic carbocycles. The molecule has 0 aromatic heterocycles. The first-order valence-electron chi connectivity index (χ1n) is 9.54. The molecule has 5 nitrogen and oxygen atoms in total. The number of ether oxygens (including phenoxy) is 2. The summed E-state index contributed by atoms with van der Waals surface area (Å²) >= 11 is 0. The lowest BCUT2D eigenvalue weighted by Gasteiger charge is -2.44. The van der Waals surface area contributed by atoms with Gasteiger partial charge in [-0.1, -0.05) is 18.2 Å². The van der Waals surface area contributed by atoms with Crippen LogP contribution in [0, 0.1) is 6.92 Å². The van der Waals surface area contributed by atoms with Crippen LogP contribution in [-0.2, 0) is 4.74 Å². The van der Waals surface area contributed by atoms with Gasteiger partial charge in [0.25, 0.3) is 0 Å². The third-order valence-corrected chi connectivity index (χ3v) is 5.62. The van der Waals surface area contributed by atoms with Crippen LogP contribution in [0.15, 0.2) is 24.3 Å². The number of hydrogen-bond donors (Lipinski definition) is 1. The number of aliphatic hydroxyl groups is 1. The highest BCUT2D eigenvalue weighted by atomic mass is 16.5. The number of aliphatic hydroxyl groups excluding tert-OH is 1. The van der Waals surface area contributed by atoms with E-state index in [2.05, 4.69) is 22.8 Å². The first kappa shape index (κ1) is 18.6. The molecule has 3 atom stereocenters. The second-order valence-corrected chi connectivity index (χ2v) is 7.28. The highest BCUT2D eigenvalue weighted by molar-refractivity contribution is 5.32. The molecular weight excluding hydrogens is 316 g/mol. The lowest BCUT2D eigenvalue weighted by molar-refractivity contribution is -0.0641. The van der Waals surface area contributed by atoms with Crippen LogP contribution >= 0.6 is 0 Å². The van der Waals surface area contributed by atoms with Crippen LogP contribution in [0.5, 0.6) is 5.75 Å². The Labute approximate surface area is 151 Å². The number of aryl methyl sites for hydroxylation is 1. The number of methoxy groups -OCH3 is 1. The molecule has 140 valence electrons. The lowest BCUT2D eigenvalue weighted by atomic mass is 9.88. The molecule has 25 heavy (non-hydrogen) atoms. The standard InChI is InChI=1S/C20H32N2O3/c1-16-6-3-4-8-18(16)25-19-9-5-7-17(20(19)23)22-12-10-21(11-13-22)14-15-24-2/h3-4,6,8,17,19-20,23H,5,7,9-15H2,1-2H3/t17-,19+,20+/m0/s1. The van der Waals surface area contributed by atoms with E-state index < -0.39 is 6.10 Å². The molecule has 0 spiro atoms. The predicted molar refractivity (Wildman–Crippen MR) is 99.1 cm³/mol. The van der Waals surface area contributed by atoms with Crippen molar-refractivity contribution in [1.29, 1.82) is 0 Å². The number of nitrogens with zero attached hydrogens (tertiary/aromatic N) is 2. The summed E-state index contributed by atoms with van der Waals surface area (Å²) in [6.07, 6.45) is 2.58. The Hall–Kier alpha value is -1.14. The number of hydrogen-bond acceptors (Lipinski definition) is 5. The van der Waals surface area contributed by atoms with Gasteiger partial charge in [0.15, 0.2) is 0 Å². The Kier molecular flexibility index (Phi) is 6.70. The molecule has 1 aliphatic carbocycles. The van der Waals surface area contributed by atoms with Crippen molar-refractivity contribution in [3.63, 3.8) is 0 Å². The molecule has 0 radical (unpaired) electrons. The average Bonchev–Trinajstić information content (AvgIpc) is 2.64. The van der Waals surface area contributed by atoms with Crippen molar-refractivity contribution in [2.24, 2.45) is 0 Å². The van der Waals surface area contributed by atoms with Crippen molar-refractivity contribution in [2.45, 2.75) is 44.4 Å². The van der Waals surface area contributed by atoms with E-state index in [4.69, 9.17) is 9.47 Å². The van der Waals surface area contributed by atoms with Crippen molar-refractivity contribution < 1.29 is 14.6 Å². The molecule has 2 fully saturated rings. The Bertz CT molecular complexity index is 531. The number of rotatable bonds is 6. The first-order valence-corrected chi connectivity index (χ1v) is 9.54. The van der Waals surface area contributed by atoms with Crippen LogP contribution in [0.4, 0.5) is 0 Å². The van der Waals surface area contributed by atoms with Crippen LogP contribution in [0.25, 0.3) is 0 Å². The van der Waals surface area contributed by atoms with E-state index in [0.717, 1.165) is 69.9 Å². The van der Waals surface area contributed by atoms with E-state index in [1.807, 2.05) is 18.2 Å². The van der Waals surface area contributed by atoms with Crippen LogP contribution in [0.1, 0.15) is 24.8 Å². The average molecular weight is 348 g/mol. The molecule has 0 unspecified atom stereocenters. The van der Waals surface area contributed by atoms with Crippen LogP contribution in [-0.4, -0.2) is 79.6 Å². The van der Waals surface area contributed by atoms with Crippen molar-refractivity contribution in [1.82, 2.24) is 9.80 Å². The maximum atomic E-state index is 10.9. The molecular formula is C20H32N2O3. The maximum Gasteiger partial charge on any atom is 0.126 e. The van der Waals surface area contributed by atoms with Crippen LogP contribution in [0.3, 0.4) is 0 Å². The van der Waals surface area contributed by atoms with Gasteiger partial charge in [0, 0.05) is 45.9 Å². The van der Waals surface area contributed by atoms with Gasteiger partial charge in [0.1, 0.15) is 18.0 Å². The summed E-state index contributed by atoms with van der Waals surface area (Å²) in [6.45, 7) is 7.98. The van der Waals surface area contributed by atoms with E-state index in [9.17, 15) is 5.11 Å². The predicted octanol–water partition coefficient (Wildman–Crippen LogP) is 1.92. The third-order valence-electron chi connectivity index (χ3n) is 5.62. The summed E-state index contributed by atoms with van der Waals surface area (Å²) in [4.78, 5) is 4.90. The van der Waals surface area contributed by atoms with E-state index in [1.165, 1.54) is 0 Å². The summed E-state index contributed by atoms with van der Waals surface area (Å²) in [6, 6.07) is 8.29.